The van der Waals surface area contributed by atoms with Gasteiger partial charge in [-0.1, -0.05) is 6.42 Å². The molecule has 1 aliphatic heterocycles. The van der Waals surface area contributed by atoms with Crippen molar-refractivity contribution in [1.29, 1.82) is 0 Å². The minimum Gasteiger partial charge on any atom is -0.344 e. The fourth-order valence-corrected chi connectivity index (χ4v) is 3.27. The Morgan fingerprint density at radius 2 is 2.33 bits per heavy atom. The third kappa shape index (κ3) is 2.16. The molecule has 1 saturated heterocycles. The molecule has 1 heterocycles. The summed E-state index contributed by atoms with van der Waals surface area (Å²) in [6, 6.07) is 0.0830. The summed E-state index contributed by atoms with van der Waals surface area (Å²) < 4.78 is 0.432. The Morgan fingerprint density at radius 1 is 1.60 bits per heavy atom. The van der Waals surface area contributed by atoms with Crippen LogP contribution >= 0.6 is 11.8 Å². The monoisotopic (exact) mass is 228 g/mol. The highest BCUT2D eigenvalue weighted by atomic mass is 32.2. The Morgan fingerprint density at radius 3 is 2.73 bits per heavy atom. The van der Waals surface area contributed by atoms with Crippen LogP contribution in [0, 0.1) is 0 Å². The zero-order chi connectivity index (χ0) is 10.9. The van der Waals surface area contributed by atoms with E-state index in [2.05, 4.69) is 11.6 Å². The van der Waals surface area contributed by atoms with E-state index in [4.69, 9.17) is 0 Å². The smallest absolute Gasteiger partial charge is 0.239 e. The number of hydrogen-bond donors (Lipinski definition) is 1. The van der Waals surface area contributed by atoms with Crippen LogP contribution in [0.15, 0.2) is 0 Å². The molecule has 0 spiro atoms. The van der Waals surface area contributed by atoms with Crippen molar-refractivity contribution < 1.29 is 4.79 Å². The van der Waals surface area contributed by atoms with Gasteiger partial charge in [-0.05, 0) is 25.5 Å². The van der Waals surface area contributed by atoms with Gasteiger partial charge in [0, 0.05) is 24.9 Å². The minimum atomic E-state index is 0.0830. The number of nitrogens with zero attached hydrogens (tertiary/aromatic N) is 1. The van der Waals surface area contributed by atoms with Gasteiger partial charge in [0.1, 0.15) is 0 Å². The molecule has 1 unspecified atom stereocenters. The second-order valence-electron chi connectivity index (χ2n) is 4.72. The molecule has 1 aliphatic carbocycles. The van der Waals surface area contributed by atoms with Crippen molar-refractivity contribution in [3.63, 3.8) is 0 Å². The standard InChI is InChI=1S/C11H20N2OS/c1-13-7-4-9(10(13)14)12-8-11(15-2)5-3-6-11/h9,12H,3-8H2,1-2H3. The number of hydrogen-bond acceptors (Lipinski definition) is 3. The summed E-state index contributed by atoms with van der Waals surface area (Å²) in [5.41, 5.74) is 0. The van der Waals surface area contributed by atoms with Gasteiger partial charge in [0.15, 0.2) is 0 Å². The van der Waals surface area contributed by atoms with E-state index in [0.29, 0.717) is 4.75 Å². The topological polar surface area (TPSA) is 32.3 Å². The first-order valence-corrected chi connectivity index (χ1v) is 6.93. The summed E-state index contributed by atoms with van der Waals surface area (Å²) >= 11 is 1.96. The number of rotatable bonds is 4. The maximum Gasteiger partial charge on any atom is 0.239 e. The highest BCUT2D eigenvalue weighted by Gasteiger charge is 2.38. The van der Waals surface area contributed by atoms with Crippen molar-refractivity contribution in [3.05, 3.63) is 0 Å². The van der Waals surface area contributed by atoms with E-state index < -0.39 is 0 Å². The maximum absolute atomic E-state index is 11.7. The molecular weight excluding hydrogens is 208 g/mol. The van der Waals surface area contributed by atoms with Crippen molar-refractivity contribution in [2.45, 2.75) is 36.5 Å². The average Bonchev–Trinajstić information content (AvgIpc) is 2.48. The van der Waals surface area contributed by atoms with E-state index in [0.717, 1.165) is 19.5 Å². The van der Waals surface area contributed by atoms with Gasteiger partial charge in [-0.15, -0.1) is 0 Å². The van der Waals surface area contributed by atoms with Crippen LogP contribution in [0.4, 0.5) is 0 Å². The molecule has 86 valence electrons. The van der Waals surface area contributed by atoms with E-state index >= 15 is 0 Å². The molecule has 3 nitrogen and oxygen atoms in total. The van der Waals surface area contributed by atoms with E-state index in [1.807, 2.05) is 23.7 Å². The van der Waals surface area contributed by atoms with Gasteiger partial charge in [0.2, 0.25) is 5.91 Å². The maximum atomic E-state index is 11.7. The van der Waals surface area contributed by atoms with Crippen LogP contribution in [0.2, 0.25) is 0 Å². The van der Waals surface area contributed by atoms with Crippen LogP contribution in [0.1, 0.15) is 25.7 Å². The van der Waals surface area contributed by atoms with Crippen LogP contribution in [0.5, 0.6) is 0 Å². The zero-order valence-corrected chi connectivity index (χ0v) is 10.4. The van der Waals surface area contributed by atoms with Gasteiger partial charge < -0.3 is 10.2 Å². The second-order valence-corrected chi connectivity index (χ2v) is 6.00. The molecule has 1 atom stereocenters. The quantitative estimate of drug-likeness (QED) is 0.782. The molecule has 0 aromatic rings. The van der Waals surface area contributed by atoms with Gasteiger partial charge in [0.05, 0.1) is 6.04 Å². The lowest BCUT2D eigenvalue weighted by Crippen LogP contribution is -2.48. The lowest BCUT2D eigenvalue weighted by molar-refractivity contribution is -0.128. The summed E-state index contributed by atoms with van der Waals surface area (Å²) in [6.45, 7) is 1.90. The van der Waals surface area contributed by atoms with E-state index in [1.54, 1.807) is 0 Å². The summed E-state index contributed by atoms with van der Waals surface area (Å²) in [5, 5.41) is 3.44. The molecule has 15 heavy (non-hydrogen) atoms. The minimum absolute atomic E-state index is 0.0830. The number of thioether (sulfide) groups is 1. The fourth-order valence-electron chi connectivity index (χ4n) is 2.35. The zero-order valence-electron chi connectivity index (χ0n) is 9.58. The molecule has 0 aromatic heterocycles. The number of carbonyl (C=O) groups is 1. The molecule has 1 amide bonds. The Labute approximate surface area is 96.0 Å². The van der Waals surface area contributed by atoms with E-state index in [9.17, 15) is 4.79 Å². The van der Waals surface area contributed by atoms with Crippen LogP contribution in [0.25, 0.3) is 0 Å². The third-order valence-corrected chi connectivity index (χ3v) is 5.21. The van der Waals surface area contributed by atoms with Gasteiger partial charge in [-0.3, -0.25) is 4.79 Å². The van der Waals surface area contributed by atoms with Gasteiger partial charge in [0.25, 0.3) is 0 Å². The molecule has 0 radical (unpaired) electrons. The number of nitrogens with one attached hydrogen (secondary N) is 1. The van der Waals surface area contributed by atoms with E-state index in [1.165, 1.54) is 19.3 Å². The third-order valence-electron chi connectivity index (χ3n) is 3.80. The lowest BCUT2D eigenvalue weighted by Gasteiger charge is -2.41. The Bertz CT molecular complexity index is 247. The predicted molar refractivity (Wildman–Crippen MR) is 64.1 cm³/mol. The van der Waals surface area contributed by atoms with Crippen molar-refractivity contribution in [1.82, 2.24) is 10.2 Å². The van der Waals surface area contributed by atoms with Crippen LogP contribution in [-0.2, 0) is 4.79 Å². The summed E-state index contributed by atoms with van der Waals surface area (Å²) in [5.74, 6) is 0.269. The molecule has 4 heteroatoms. The molecule has 1 saturated carbocycles. The highest BCUT2D eigenvalue weighted by Crippen LogP contribution is 2.42. The molecule has 1 N–H and O–H groups in total. The molecule has 2 rings (SSSR count). The molecule has 0 aromatic carbocycles. The summed E-state index contributed by atoms with van der Waals surface area (Å²) in [6.07, 6.45) is 7.11. The van der Waals surface area contributed by atoms with Crippen LogP contribution < -0.4 is 5.32 Å². The van der Waals surface area contributed by atoms with E-state index in [-0.39, 0.29) is 11.9 Å². The van der Waals surface area contributed by atoms with Crippen molar-refractivity contribution in [2.75, 3.05) is 26.4 Å². The SMILES string of the molecule is CSC1(CNC2CCN(C)C2=O)CCC1. The fraction of sp³-hybridized carbons (Fsp3) is 0.909. The summed E-state index contributed by atoms with van der Waals surface area (Å²) in [4.78, 5) is 13.5. The van der Waals surface area contributed by atoms with Crippen molar-refractivity contribution >= 4 is 17.7 Å². The normalized spacial score (nSPS) is 29.3. The predicted octanol–water partition coefficient (Wildman–Crippen LogP) is 1.09. The number of carbonyl (C=O) groups excluding carboxylic acids is 1. The van der Waals surface area contributed by atoms with Gasteiger partial charge in [-0.25, -0.2) is 0 Å². The van der Waals surface area contributed by atoms with Crippen LogP contribution in [0.3, 0.4) is 0 Å². The second kappa shape index (κ2) is 4.34. The number of likely N-dealkylation sites (tertiary alicyclic amines) is 1. The van der Waals surface area contributed by atoms with Crippen molar-refractivity contribution in [3.8, 4) is 0 Å². The Balaban J connectivity index is 1.80. The van der Waals surface area contributed by atoms with Gasteiger partial charge in [-0.2, -0.15) is 11.8 Å². The first-order chi connectivity index (χ1) is 7.17. The van der Waals surface area contributed by atoms with Crippen molar-refractivity contribution in [2.24, 2.45) is 0 Å². The van der Waals surface area contributed by atoms with Crippen LogP contribution in [-0.4, -0.2) is 48.0 Å². The Hall–Kier alpha value is -0.220. The van der Waals surface area contributed by atoms with Gasteiger partial charge >= 0.3 is 0 Å². The molecular formula is C11H20N2OS. The number of likely N-dealkylation sites (N-methyl/N-ethyl adjacent to an activating group) is 1. The first kappa shape index (κ1) is 11.3. The molecule has 0 bridgehead atoms. The lowest BCUT2D eigenvalue weighted by atomic mass is 9.84. The average molecular weight is 228 g/mol. The molecule has 2 aliphatic rings. The molecule has 2 fully saturated rings. The highest BCUT2D eigenvalue weighted by molar-refractivity contribution is 8.00. The largest absolute Gasteiger partial charge is 0.344 e. The number of amides is 1. The summed E-state index contributed by atoms with van der Waals surface area (Å²) in [7, 11) is 1.89. The first-order valence-electron chi connectivity index (χ1n) is 5.70. The Kier molecular flexibility index (Phi) is 3.26.